The van der Waals surface area contributed by atoms with Gasteiger partial charge in [-0.2, -0.15) is 0 Å². The smallest absolute Gasteiger partial charge is 0.311 e. The van der Waals surface area contributed by atoms with Crippen LogP contribution in [0.4, 0.5) is 0 Å². The van der Waals surface area contributed by atoms with E-state index in [4.69, 9.17) is 0 Å². The van der Waals surface area contributed by atoms with E-state index in [1.54, 1.807) is 0 Å². The Hall–Kier alpha value is -1.84. The van der Waals surface area contributed by atoms with Crippen LogP contribution in [0.5, 0.6) is 0 Å². The molecule has 0 bridgehead atoms. The molecule has 0 aliphatic carbocycles. The second kappa shape index (κ2) is 8.57. The monoisotopic (exact) mass is 305 g/mol. The van der Waals surface area contributed by atoms with Gasteiger partial charge in [-0.25, -0.2) is 0 Å². The summed E-state index contributed by atoms with van der Waals surface area (Å²) >= 11 is 0. The first-order valence-electron chi connectivity index (χ1n) is 8.05. The maximum atomic E-state index is 11.9. The van der Waals surface area contributed by atoms with E-state index in [9.17, 15) is 14.7 Å². The predicted octanol–water partition coefficient (Wildman–Crippen LogP) is 3.19. The van der Waals surface area contributed by atoms with Crippen LogP contribution < -0.4 is 5.32 Å². The van der Waals surface area contributed by atoms with Crippen LogP contribution >= 0.6 is 0 Å². The quantitative estimate of drug-likeness (QED) is 0.736. The lowest BCUT2D eigenvalue weighted by atomic mass is 9.82. The number of carbonyl (C=O) groups excluding carboxylic acids is 1. The van der Waals surface area contributed by atoms with Crippen molar-refractivity contribution in [1.82, 2.24) is 5.32 Å². The molecule has 0 aromatic heterocycles. The molecule has 0 heterocycles. The van der Waals surface area contributed by atoms with E-state index < -0.39 is 11.4 Å². The zero-order valence-corrected chi connectivity index (χ0v) is 13.8. The average Bonchev–Trinajstić information content (AvgIpc) is 2.54. The summed E-state index contributed by atoms with van der Waals surface area (Å²) in [5, 5.41) is 12.1. The molecule has 22 heavy (non-hydrogen) atoms. The van der Waals surface area contributed by atoms with Crippen LogP contribution in [0, 0.1) is 5.41 Å². The number of amides is 1. The molecule has 0 atom stereocenters. The standard InChI is InChI=1S/C18H27NO3/c1-4-14-7-9-15(10-8-14)11-12-16(20)19-13-18(5-2,6-3)17(21)22/h7-10H,4-6,11-13H2,1-3H3,(H,19,20)(H,21,22). The second-order valence-corrected chi connectivity index (χ2v) is 5.74. The molecule has 1 aromatic carbocycles. The normalized spacial score (nSPS) is 11.2. The second-order valence-electron chi connectivity index (χ2n) is 5.74. The van der Waals surface area contributed by atoms with E-state index in [0.29, 0.717) is 25.7 Å². The van der Waals surface area contributed by atoms with Crippen LogP contribution in [0.15, 0.2) is 24.3 Å². The van der Waals surface area contributed by atoms with E-state index in [2.05, 4.69) is 24.4 Å². The Bertz CT molecular complexity index is 490. The maximum absolute atomic E-state index is 11.9. The molecule has 1 aromatic rings. The van der Waals surface area contributed by atoms with Gasteiger partial charge in [0.2, 0.25) is 5.91 Å². The largest absolute Gasteiger partial charge is 0.481 e. The van der Waals surface area contributed by atoms with Crippen LogP contribution in [-0.2, 0) is 22.4 Å². The number of rotatable bonds is 9. The fraction of sp³-hybridized carbons (Fsp3) is 0.556. The van der Waals surface area contributed by atoms with Crippen LogP contribution in [0.3, 0.4) is 0 Å². The van der Waals surface area contributed by atoms with Crippen LogP contribution in [0.25, 0.3) is 0 Å². The molecule has 122 valence electrons. The fourth-order valence-electron chi connectivity index (χ4n) is 2.43. The van der Waals surface area contributed by atoms with Gasteiger partial charge in [-0.3, -0.25) is 9.59 Å². The number of aliphatic carboxylic acids is 1. The van der Waals surface area contributed by atoms with E-state index in [1.807, 2.05) is 26.0 Å². The van der Waals surface area contributed by atoms with Gasteiger partial charge in [0, 0.05) is 13.0 Å². The summed E-state index contributed by atoms with van der Waals surface area (Å²) in [4.78, 5) is 23.3. The summed E-state index contributed by atoms with van der Waals surface area (Å²) in [6, 6.07) is 8.26. The number of carboxylic acid groups (broad SMARTS) is 1. The van der Waals surface area contributed by atoms with E-state index >= 15 is 0 Å². The van der Waals surface area contributed by atoms with Crippen molar-refractivity contribution in [2.24, 2.45) is 5.41 Å². The van der Waals surface area contributed by atoms with Crippen molar-refractivity contribution < 1.29 is 14.7 Å². The molecule has 0 radical (unpaired) electrons. The summed E-state index contributed by atoms with van der Waals surface area (Å²) in [6.45, 7) is 6.00. The lowest BCUT2D eigenvalue weighted by Crippen LogP contribution is -2.42. The van der Waals surface area contributed by atoms with E-state index in [-0.39, 0.29) is 12.5 Å². The van der Waals surface area contributed by atoms with Crippen molar-refractivity contribution in [3.05, 3.63) is 35.4 Å². The van der Waals surface area contributed by atoms with Gasteiger partial charge in [0.05, 0.1) is 5.41 Å². The van der Waals surface area contributed by atoms with Gasteiger partial charge in [-0.05, 0) is 36.8 Å². The minimum Gasteiger partial charge on any atom is -0.481 e. The molecule has 0 spiro atoms. The number of benzene rings is 1. The maximum Gasteiger partial charge on any atom is 0.311 e. The summed E-state index contributed by atoms with van der Waals surface area (Å²) in [5.74, 6) is -0.931. The Morgan fingerprint density at radius 2 is 1.59 bits per heavy atom. The lowest BCUT2D eigenvalue weighted by molar-refractivity contribution is -0.149. The molecule has 0 saturated heterocycles. The highest BCUT2D eigenvalue weighted by Gasteiger charge is 2.34. The first kappa shape index (κ1) is 18.2. The zero-order valence-electron chi connectivity index (χ0n) is 13.8. The minimum atomic E-state index is -0.849. The zero-order chi connectivity index (χ0) is 16.6. The van der Waals surface area contributed by atoms with Gasteiger partial charge >= 0.3 is 5.97 Å². The molecule has 4 nitrogen and oxygen atoms in total. The van der Waals surface area contributed by atoms with Gasteiger partial charge in [0.15, 0.2) is 0 Å². The summed E-state index contributed by atoms with van der Waals surface area (Å²) in [6.07, 6.45) is 3.09. The summed E-state index contributed by atoms with van der Waals surface area (Å²) in [7, 11) is 0. The number of carbonyl (C=O) groups is 2. The molecule has 1 amide bonds. The highest BCUT2D eigenvalue weighted by Crippen LogP contribution is 2.25. The average molecular weight is 305 g/mol. The number of aryl methyl sites for hydroxylation is 2. The SMILES string of the molecule is CCc1ccc(CCC(=O)NCC(CC)(CC)C(=O)O)cc1. The van der Waals surface area contributed by atoms with Gasteiger partial charge < -0.3 is 10.4 Å². The highest BCUT2D eigenvalue weighted by atomic mass is 16.4. The Labute approximate surface area is 132 Å². The predicted molar refractivity (Wildman–Crippen MR) is 87.8 cm³/mol. The summed E-state index contributed by atoms with van der Waals surface area (Å²) in [5.41, 5.74) is 1.56. The molecule has 0 unspecified atom stereocenters. The number of nitrogens with one attached hydrogen (secondary N) is 1. The third kappa shape index (κ3) is 4.86. The van der Waals surface area contributed by atoms with E-state index in [0.717, 1.165) is 12.0 Å². The van der Waals surface area contributed by atoms with Crippen molar-refractivity contribution in [2.45, 2.75) is 52.9 Å². The number of hydrogen-bond acceptors (Lipinski definition) is 2. The van der Waals surface area contributed by atoms with E-state index in [1.165, 1.54) is 5.56 Å². The molecule has 4 heteroatoms. The first-order valence-corrected chi connectivity index (χ1v) is 8.05. The lowest BCUT2D eigenvalue weighted by Gasteiger charge is -2.26. The Morgan fingerprint density at radius 1 is 1.05 bits per heavy atom. The molecule has 0 aliphatic rings. The van der Waals surface area contributed by atoms with Crippen LogP contribution in [-0.4, -0.2) is 23.5 Å². The minimum absolute atomic E-state index is 0.0907. The summed E-state index contributed by atoms with van der Waals surface area (Å²) < 4.78 is 0. The van der Waals surface area contributed by atoms with Gasteiger partial charge in [0.1, 0.15) is 0 Å². The highest BCUT2D eigenvalue weighted by molar-refractivity contribution is 5.79. The molecular formula is C18H27NO3. The molecule has 2 N–H and O–H groups in total. The number of hydrogen-bond donors (Lipinski definition) is 2. The van der Waals surface area contributed by atoms with Crippen molar-refractivity contribution in [2.75, 3.05) is 6.54 Å². The first-order chi connectivity index (χ1) is 10.5. The Balaban J connectivity index is 2.47. The van der Waals surface area contributed by atoms with Crippen molar-refractivity contribution >= 4 is 11.9 Å². The van der Waals surface area contributed by atoms with Gasteiger partial charge in [-0.15, -0.1) is 0 Å². The molecule has 1 rings (SSSR count). The molecule has 0 fully saturated rings. The van der Waals surface area contributed by atoms with Crippen molar-refractivity contribution in [3.63, 3.8) is 0 Å². The third-order valence-corrected chi connectivity index (χ3v) is 4.50. The Kier molecular flexibility index (Phi) is 7.09. The Morgan fingerprint density at radius 3 is 2.05 bits per heavy atom. The van der Waals surface area contributed by atoms with Gasteiger partial charge in [0.25, 0.3) is 0 Å². The third-order valence-electron chi connectivity index (χ3n) is 4.50. The van der Waals surface area contributed by atoms with Crippen molar-refractivity contribution in [3.8, 4) is 0 Å². The van der Waals surface area contributed by atoms with Crippen molar-refractivity contribution in [1.29, 1.82) is 0 Å². The number of carboxylic acids is 1. The van der Waals surface area contributed by atoms with Crippen LogP contribution in [0.2, 0.25) is 0 Å². The molecule has 0 aliphatic heterocycles. The topological polar surface area (TPSA) is 66.4 Å². The molecule has 0 saturated carbocycles. The van der Waals surface area contributed by atoms with Gasteiger partial charge in [-0.1, -0.05) is 45.0 Å². The molecular weight excluding hydrogens is 278 g/mol. The van der Waals surface area contributed by atoms with Crippen LogP contribution in [0.1, 0.15) is 51.2 Å². The fourth-order valence-corrected chi connectivity index (χ4v) is 2.43.